The van der Waals surface area contributed by atoms with Gasteiger partial charge in [0.25, 0.3) is 5.89 Å². The molecule has 8 nitrogen and oxygen atoms in total. The average molecular weight is 595 g/mol. The van der Waals surface area contributed by atoms with E-state index in [2.05, 4.69) is 10.1 Å². The van der Waals surface area contributed by atoms with Crippen LogP contribution in [0.1, 0.15) is 66.9 Å². The van der Waals surface area contributed by atoms with Crippen LogP contribution in [-0.4, -0.2) is 34.9 Å². The number of fused-ring (bicyclic) bond motifs is 2. The summed E-state index contributed by atoms with van der Waals surface area (Å²) in [7, 11) is 1.35. The summed E-state index contributed by atoms with van der Waals surface area (Å²) in [4.78, 5) is 15.9. The third-order valence-corrected chi connectivity index (χ3v) is 7.82. The molecule has 2 atom stereocenters. The van der Waals surface area contributed by atoms with Crippen LogP contribution in [0, 0.1) is 0 Å². The molecule has 0 fully saturated rings. The Morgan fingerprint density at radius 2 is 1.77 bits per heavy atom. The number of hydrogen-bond acceptors (Lipinski definition) is 8. The molecule has 1 aliphatic heterocycles. The van der Waals surface area contributed by atoms with E-state index in [0.29, 0.717) is 53.2 Å². The molecule has 2 heterocycles. The summed E-state index contributed by atoms with van der Waals surface area (Å²) in [5.74, 6) is 0.987. The average Bonchev–Trinajstić information content (AvgIpc) is 3.71. The van der Waals surface area contributed by atoms with Crippen LogP contribution in [0.4, 0.5) is 13.2 Å². The Bertz CT molecular complexity index is 1670. The number of carbonyl (C=O) groups excluding carboxylic acids is 1. The molecule has 0 spiro atoms. The summed E-state index contributed by atoms with van der Waals surface area (Å²) in [5, 5.41) is 14.0. The summed E-state index contributed by atoms with van der Waals surface area (Å²) in [6.07, 6.45) is -3.88. The zero-order valence-corrected chi connectivity index (χ0v) is 23.7. The van der Waals surface area contributed by atoms with Crippen LogP contribution in [0.15, 0.2) is 59.1 Å². The van der Waals surface area contributed by atoms with Gasteiger partial charge < -0.3 is 23.8 Å². The van der Waals surface area contributed by atoms with Gasteiger partial charge in [0.2, 0.25) is 5.82 Å². The van der Waals surface area contributed by atoms with Crippen molar-refractivity contribution in [3.05, 3.63) is 82.7 Å². The molecule has 6 rings (SSSR count). The summed E-state index contributed by atoms with van der Waals surface area (Å²) in [5.41, 5.74) is 1.21. The lowest BCUT2D eigenvalue weighted by Gasteiger charge is -2.20. The molecule has 1 N–H and O–H groups in total. The number of ether oxygens (including phenoxy) is 3. The maximum Gasteiger partial charge on any atom is 0.417 e. The summed E-state index contributed by atoms with van der Waals surface area (Å²) >= 11 is 0. The summed E-state index contributed by atoms with van der Waals surface area (Å²) in [6, 6.07) is 14.5. The first-order valence-corrected chi connectivity index (χ1v) is 13.8. The fourth-order valence-electron chi connectivity index (χ4n) is 5.68. The fraction of sp³-hybridized carbons (Fsp3) is 0.344. The van der Waals surface area contributed by atoms with Crippen molar-refractivity contribution in [3.8, 4) is 34.0 Å². The zero-order chi connectivity index (χ0) is 30.5. The first-order valence-electron chi connectivity index (χ1n) is 13.8. The molecule has 0 saturated heterocycles. The van der Waals surface area contributed by atoms with Gasteiger partial charge in [0, 0.05) is 23.1 Å². The van der Waals surface area contributed by atoms with Crippen LogP contribution in [-0.2, 0) is 27.7 Å². The smallest absolute Gasteiger partial charge is 0.417 e. The van der Waals surface area contributed by atoms with Gasteiger partial charge in [0.05, 0.1) is 25.7 Å². The number of benzene rings is 3. The molecule has 43 heavy (non-hydrogen) atoms. The number of rotatable bonds is 7. The highest BCUT2D eigenvalue weighted by Crippen LogP contribution is 2.47. The minimum atomic E-state index is -4.56. The highest BCUT2D eigenvalue weighted by Gasteiger charge is 2.38. The van der Waals surface area contributed by atoms with Crippen molar-refractivity contribution in [3.63, 3.8) is 0 Å². The topological polar surface area (TPSA) is 104 Å². The van der Waals surface area contributed by atoms with E-state index in [4.69, 9.17) is 18.7 Å². The number of hydrogen-bond donors (Lipinski definition) is 1. The van der Waals surface area contributed by atoms with Gasteiger partial charge in [-0.1, -0.05) is 41.6 Å². The summed E-state index contributed by atoms with van der Waals surface area (Å²) in [6.45, 7) is 3.38. The highest BCUT2D eigenvalue weighted by atomic mass is 19.4. The fourth-order valence-corrected chi connectivity index (χ4v) is 5.68. The molecule has 1 aromatic heterocycles. The Balaban J connectivity index is 1.29. The third-order valence-electron chi connectivity index (χ3n) is 7.82. The molecule has 0 radical (unpaired) electrons. The lowest BCUT2D eigenvalue weighted by atomic mass is 9.91. The standard InChI is InChI=1S/C32H29F3N2O6/c1-31(2,39)30-36-29(37-43-30)18-6-4-17(5-7-18)28-23-11-13-25(22(23)10-12-24(28)32(33,34)35)42-20-8-9-21-19(14-27(38)40-3)16-41-26(21)15-20/h4-10,12,15,19,25,39H,11,13-14,16H2,1-3H3/t19?,25-/m1/s1. The Labute approximate surface area is 245 Å². The van der Waals surface area contributed by atoms with E-state index in [0.717, 1.165) is 11.6 Å². The zero-order valence-electron chi connectivity index (χ0n) is 23.7. The van der Waals surface area contributed by atoms with E-state index >= 15 is 0 Å². The minimum Gasteiger partial charge on any atom is -0.492 e. The molecule has 0 saturated carbocycles. The number of halogens is 3. The van der Waals surface area contributed by atoms with Gasteiger partial charge >= 0.3 is 12.1 Å². The van der Waals surface area contributed by atoms with E-state index < -0.39 is 23.4 Å². The normalized spacial score (nSPS) is 17.7. The largest absolute Gasteiger partial charge is 0.492 e. The number of esters is 1. The Hall–Kier alpha value is -4.38. The maximum atomic E-state index is 14.2. The van der Waals surface area contributed by atoms with Crippen LogP contribution in [0.2, 0.25) is 0 Å². The van der Waals surface area contributed by atoms with Crippen molar-refractivity contribution in [2.24, 2.45) is 0 Å². The Kier molecular flexibility index (Phi) is 7.16. The quantitative estimate of drug-likeness (QED) is 0.234. The Morgan fingerprint density at radius 3 is 2.44 bits per heavy atom. The van der Waals surface area contributed by atoms with Crippen molar-refractivity contribution in [2.75, 3.05) is 13.7 Å². The molecule has 11 heteroatoms. The molecule has 3 aromatic carbocycles. The van der Waals surface area contributed by atoms with Gasteiger partial charge in [-0.15, -0.1) is 0 Å². The monoisotopic (exact) mass is 594 g/mol. The first kappa shape index (κ1) is 28.7. The molecule has 4 aromatic rings. The van der Waals surface area contributed by atoms with Crippen molar-refractivity contribution in [2.45, 2.75) is 56.9 Å². The van der Waals surface area contributed by atoms with Crippen molar-refractivity contribution in [1.29, 1.82) is 0 Å². The predicted octanol–water partition coefficient (Wildman–Crippen LogP) is 6.76. The molecular weight excluding hydrogens is 565 g/mol. The van der Waals surface area contributed by atoms with E-state index in [1.54, 1.807) is 36.4 Å². The molecule has 0 amide bonds. The molecule has 1 aliphatic carbocycles. The van der Waals surface area contributed by atoms with Crippen molar-refractivity contribution in [1.82, 2.24) is 10.1 Å². The molecule has 2 aliphatic rings. The van der Waals surface area contributed by atoms with E-state index in [1.807, 2.05) is 6.07 Å². The van der Waals surface area contributed by atoms with Crippen LogP contribution < -0.4 is 9.47 Å². The van der Waals surface area contributed by atoms with E-state index in [9.17, 15) is 23.1 Å². The van der Waals surface area contributed by atoms with Crippen molar-refractivity contribution < 1.29 is 41.8 Å². The second-order valence-electron chi connectivity index (χ2n) is 11.2. The number of aliphatic hydroxyl groups is 1. The summed E-state index contributed by atoms with van der Waals surface area (Å²) < 4.78 is 64.7. The molecule has 224 valence electrons. The van der Waals surface area contributed by atoms with Gasteiger partial charge in [-0.3, -0.25) is 4.79 Å². The molecule has 1 unspecified atom stereocenters. The van der Waals surface area contributed by atoms with Crippen LogP contribution in [0.25, 0.3) is 22.5 Å². The van der Waals surface area contributed by atoms with Gasteiger partial charge in [-0.25, -0.2) is 0 Å². The van der Waals surface area contributed by atoms with Gasteiger partial charge in [0.1, 0.15) is 23.2 Å². The molecule has 0 bridgehead atoms. The van der Waals surface area contributed by atoms with Gasteiger partial charge in [0.15, 0.2) is 0 Å². The predicted molar refractivity (Wildman–Crippen MR) is 148 cm³/mol. The minimum absolute atomic E-state index is 0.0359. The lowest BCUT2D eigenvalue weighted by Crippen LogP contribution is -2.15. The van der Waals surface area contributed by atoms with Crippen LogP contribution in [0.5, 0.6) is 11.5 Å². The van der Waals surface area contributed by atoms with Crippen molar-refractivity contribution >= 4 is 5.97 Å². The second-order valence-corrected chi connectivity index (χ2v) is 11.2. The van der Waals surface area contributed by atoms with E-state index in [1.165, 1.54) is 27.0 Å². The van der Waals surface area contributed by atoms with Crippen LogP contribution >= 0.6 is 0 Å². The molecular formula is C32H29F3N2O6. The number of carbonyl (C=O) groups is 1. The third kappa shape index (κ3) is 5.56. The second kappa shape index (κ2) is 10.7. The van der Waals surface area contributed by atoms with Gasteiger partial charge in [-0.2, -0.15) is 18.2 Å². The highest BCUT2D eigenvalue weighted by molar-refractivity contribution is 5.76. The maximum absolute atomic E-state index is 14.2. The van der Waals surface area contributed by atoms with Crippen LogP contribution in [0.3, 0.4) is 0 Å². The first-order chi connectivity index (χ1) is 20.4. The number of nitrogens with zero attached hydrogens (tertiary/aromatic N) is 2. The lowest BCUT2D eigenvalue weighted by molar-refractivity contribution is -0.141. The number of alkyl halides is 3. The van der Waals surface area contributed by atoms with E-state index in [-0.39, 0.29) is 35.6 Å². The number of aromatic nitrogens is 2. The van der Waals surface area contributed by atoms with Gasteiger partial charge in [-0.05, 0) is 61.1 Å². The SMILES string of the molecule is COC(=O)CC1COc2cc(O[C@@H]3CCc4c3ccc(C(F)(F)F)c4-c3ccc(-c4noc(C(C)(C)O)n4)cc3)ccc21. The Morgan fingerprint density at radius 1 is 1.05 bits per heavy atom. The number of methoxy groups -OCH3 is 1.